The molecule has 0 saturated carbocycles. The molecule has 5 nitrogen and oxygen atoms in total. The van der Waals surface area contributed by atoms with Gasteiger partial charge in [-0.15, -0.1) is 11.3 Å². The van der Waals surface area contributed by atoms with Gasteiger partial charge in [-0.1, -0.05) is 48.5 Å². The molecule has 6 heteroatoms. The summed E-state index contributed by atoms with van der Waals surface area (Å²) in [6.45, 7) is 4.40. The molecule has 0 atom stereocenters. The van der Waals surface area contributed by atoms with Gasteiger partial charge in [-0.05, 0) is 30.5 Å². The summed E-state index contributed by atoms with van der Waals surface area (Å²) in [6, 6.07) is 16.0. The lowest BCUT2D eigenvalue weighted by molar-refractivity contribution is 0.484. The van der Waals surface area contributed by atoms with Crippen LogP contribution in [0.5, 0.6) is 0 Å². The molecule has 30 heavy (non-hydrogen) atoms. The van der Waals surface area contributed by atoms with Crippen LogP contribution in [0.25, 0.3) is 32.7 Å². The number of aromatic nitrogens is 3. The first kappa shape index (κ1) is 18.5. The summed E-state index contributed by atoms with van der Waals surface area (Å²) >= 11 is 1.49. The lowest BCUT2D eigenvalue weighted by atomic mass is 10.0. The van der Waals surface area contributed by atoms with Crippen molar-refractivity contribution in [2.45, 2.75) is 20.4 Å². The first-order chi connectivity index (χ1) is 14.6. The average Bonchev–Trinajstić information content (AvgIpc) is 3.40. The zero-order valence-corrected chi connectivity index (χ0v) is 17.4. The second-order valence-electron chi connectivity index (χ2n) is 7.29. The fourth-order valence-corrected chi connectivity index (χ4v) is 4.37. The molecular formula is C24H19N3O2S. The van der Waals surface area contributed by atoms with Gasteiger partial charge in [0.2, 0.25) is 5.89 Å². The number of thiophene rings is 1. The molecule has 148 valence electrons. The van der Waals surface area contributed by atoms with Gasteiger partial charge in [0.15, 0.2) is 5.76 Å². The molecule has 0 radical (unpaired) electrons. The van der Waals surface area contributed by atoms with Crippen LogP contribution in [0.15, 0.2) is 75.6 Å². The van der Waals surface area contributed by atoms with Gasteiger partial charge < -0.3 is 4.42 Å². The van der Waals surface area contributed by atoms with E-state index in [1.165, 1.54) is 22.5 Å². The van der Waals surface area contributed by atoms with E-state index in [2.05, 4.69) is 42.0 Å². The Morgan fingerprint density at radius 1 is 1.00 bits per heavy atom. The van der Waals surface area contributed by atoms with Crippen LogP contribution >= 0.6 is 11.3 Å². The number of hydrogen-bond acceptors (Lipinski definition) is 5. The zero-order valence-electron chi connectivity index (χ0n) is 16.6. The van der Waals surface area contributed by atoms with Gasteiger partial charge >= 0.3 is 0 Å². The Labute approximate surface area is 177 Å². The number of oxazole rings is 1. The van der Waals surface area contributed by atoms with Crippen LogP contribution in [0.1, 0.15) is 17.0 Å². The van der Waals surface area contributed by atoms with Gasteiger partial charge in [-0.3, -0.25) is 9.36 Å². The highest BCUT2D eigenvalue weighted by Crippen LogP contribution is 2.31. The highest BCUT2D eigenvalue weighted by Gasteiger charge is 2.15. The molecule has 2 aromatic carbocycles. The van der Waals surface area contributed by atoms with E-state index in [4.69, 9.17) is 4.42 Å². The normalized spacial score (nSPS) is 11.3. The summed E-state index contributed by atoms with van der Waals surface area (Å²) in [5.74, 6) is 1.15. The van der Waals surface area contributed by atoms with Gasteiger partial charge in [0.25, 0.3) is 5.56 Å². The molecule has 0 fully saturated rings. The molecule has 0 aliphatic rings. The van der Waals surface area contributed by atoms with Crippen molar-refractivity contribution in [2.75, 3.05) is 0 Å². The Balaban J connectivity index is 1.53. The van der Waals surface area contributed by atoms with Crippen LogP contribution in [0, 0.1) is 13.8 Å². The molecule has 0 N–H and O–H groups in total. The van der Waals surface area contributed by atoms with E-state index in [1.807, 2.05) is 35.7 Å². The molecule has 5 rings (SSSR count). The molecule has 0 aliphatic heterocycles. The molecule has 3 heterocycles. The van der Waals surface area contributed by atoms with Crippen molar-refractivity contribution < 1.29 is 4.42 Å². The predicted octanol–water partition coefficient (Wildman–Crippen LogP) is 5.45. The van der Waals surface area contributed by atoms with Crippen LogP contribution in [0.2, 0.25) is 0 Å². The number of fused-ring (bicyclic) bond motifs is 1. The lowest BCUT2D eigenvalue weighted by Crippen LogP contribution is -2.21. The molecule has 0 aliphatic carbocycles. The maximum Gasteiger partial charge on any atom is 0.263 e. The van der Waals surface area contributed by atoms with E-state index >= 15 is 0 Å². The number of hydrogen-bond donors (Lipinski definition) is 0. The van der Waals surface area contributed by atoms with Crippen molar-refractivity contribution in [2.24, 2.45) is 0 Å². The second-order valence-corrected chi connectivity index (χ2v) is 8.15. The Hall–Kier alpha value is -3.51. The summed E-state index contributed by atoms with van der Waals surface area (Å²) in [4.78, 5) is 22.9. The fraction of sp³-hybridized carbons (Fsp3) is 0.125. The quantitative estimate of drug-likeness (QED) is 0.393. The topological polar surface area (TPSA) is 60.9 Å². The molecule has 0 unspecified atom stereocenters. The van der Waals surface area contributed by atoms with Crippen molar-refractivity contribution >= 4 is 21.6 Å². The van der Waals surface area contributed by atoms with E-state index < -0.39 is 0 Å². The minimum atomic E-state index is -0.0889. The van der Waals surface area contributed by atoms with E-state index in [9.17, 15) is 4.79 Å². The van der Waals surface area contributed by atoms with E-state index in [-0.39, 0.29) is 12.1 Å². The van der Waals surface area contributed by atoms with Crippen molar-refractivity contribution in [1.82, 2.24) is 14.5 Å². The second kappa shape index (κ2) is 7.39. The molecular weight excluding hydrogens is 394 g/mol. The summed E-state index contributed by atoms with van der Waals surface area (Å²) in [5, 5.41) is 2.65. The van der Waals surface area contributed by atoms with Crippen LogP contribution < -0.4 is 5.56 Å². The monoisotopic (exact) mass is 413 g/mol. The Morgan fingerprint density at radius 3 is 2.63 bits per heavy atom. The van der Waals surface area contributed by atoms with Gasteiger partial charge in [-0.2, -0.15) is 0 Å². The molecule has 3 aromatic heterocycles. The van der Waals surface area contributed by atoms with E-state index in [0.29, 0.717) is 17.0 Å². The number of rotatable bonds is 4. The smallest absolute Gasteiger partial charge is 0.263 e. The Bertz CT molecular complexity index is 1410. The van der Waals surface area contributed by atoms with Crippen molar-refractivity contribution in [1.29, 1.82) is 0 Å². The van der Waals surface area contributed by atoms with Gasteiger partial charge in [0.05, 0.1) is 17.9 Å². The first-order valence-electron chi connectivity index (χ1n) is 9.64. The first-order valence-corrected chi connectivity index (χ1v) is 10.5. The summed E-state index contributed by atoms with van der Waals surface area (Å²) in [5.41, 5.74) is 5.24. The van der Waals surface area contributed by atoms with Crippen LogP contribution in [-0.2, 0) is 6.54 Å². The largest absolute Gasteiger partial charge is 0.439 e. The number of benzene rings is 2. The molecule has 0 bridgehead atoms. The predicted molar refractivity (Wildman–Crippen MR) is 120 cm³/mol. The standard InChI is InChI=1S/C24H19N3O2S/c1-15-8-9-18(10-16(15)2)19-13-30-23-22(19)24(28)27(14-26-23)12-21-25-11-20(29-21)17-6-4-3-5-7-17/h3-11,13-14H,12H2,1-2H3. The molecule has 0 spiro atoms. The summed E-state index contributed by atoms with van der Waals surface area (Å²) < 4.78 is 7.43. The lowest BCUT2D eigenvalue weighted by Gasteiger charge is -2.06. The summed E-state index contributed by atoms with van der Waals surface area (Å²) in [6.07, 6.45) is 3.25. The third kappa shape index (κ3) is 3.25. The van der Waals surface area contributed by atoms with Gasteiger partial charge in [-0.25, -0.2) is 9.97 Å². The van der Waals surface area contributed by atoms with Crippen molar-refractivity contribution in [3.63, 3.8) is 0 Å². The minimum Gasteiger partial charge on any atom is -0.439 e. The Morgan fingerprint density at radius 2 is 1.83 bits per heavy atom. The number of nitrogens with zero attached hydrogens (tertiary/aromatic N) is 3. The van der Waals surface area contributed by atoms with Crippen molar-refractivity contribution in [3.05, 3.63) is 93.8 Å². The highest BCUT2D eigenvalue weighted by atomic mass is 32.1. The SMILES string of the molecule is Cc1ccc(-c2csc3ncn(Cc4ncc(-c5ccccc5)o4)c(=O)c23)cc1C. The third-order valence-electron chi connectivity index (χ3n) is 5.30. The van der Waals surface area contributed by atoms with E-state index in [0.717, 1.165) is 21.5 Å². The highest BCUT2D eigenvalue weighted by molar-refractivity contribution is 7.17. The van der Waals surface area contributed by atoms with Crippen LogP contribution in [0.4, 0.5) is 0 Å². The van der Waals surface area contributed by atoms with Crippen LogP contribution in [0.3, 0.4) is 0 Å². The molecule has 5 aromatic rings. The fourth-order valence-electron chi connectivity index (χ4n) is 3.47. The summed E-state index contributed by atoms with van der Waals surface area (Å²) in [7, 11) is 0. The molecule has 0 saturated heterocycles. The zero-order chi connectivity index (χ0) is 20.7. The van der Waals surface area contributed by atoms with Gasteiger partial charge in [0, 0.05) is 16.5 Å². The van der Waals surface area contributed by atoms with Gasteiger partial charge in [0.1, 0.15) is 11.4 Å². The maximum absolute atomic E-state index is 13.3. The van der Waals surface area contributed by atoms with Crippen molar-refractivity contribution in [3.8, 4) is 22.5 Å². The number of aryl methyl sites for hydroxylation is 2. The maximum atomic E-state index is 13.3. The third-order valence-corrected chi connectivity index (χ3v) is 6.18. The Kier molecular flexibility index (Phi) is 4.56. The van der Waals surface area contributed by atoms with Crippen LogP contribution in [-0.4, -0.2) is 14.5 Å². The average molecular weight is 414 g/mol. The van der Waals surface area contributed by atoms with E-state index in [1.54, 1.807) is 17.1 Å². The minimum absolute atomic E-state index is 0.0889. The molecule has 0 amide bonds.